The first kappa shape index (κ1) is 15.4. The summed E-state index contributed by atoms with van der Waals surface area (Å²) in [4.78, 5) is 4.36. The van der Waals surface area contributed by atoms with Gasteiger partial charge in [-0.1, -0.05) is 42.5 Å². The Kier molecular flexibility index (Phi) is 3.14. The summed E-state index contributed by atoms with van der Waals surface area (Å²) in [5.74, 6) is 0. The van der Waals surface area contributed by atoms with Crippen LogP contribution in [0.4, 0.5) is 0 Å². The number of rotatable bonds is 1. The van der Waals surface area contributed by atoms with Gasteiger partial charge in [0.15, 0.2) is 0 Å². The van der Waals surface area contributed by atoms with Gasteiger partial charge in [0.05, 0.1) is 17.1 Å². The molecule has 0 saturated carbocycles. The fourth-order valence-corrected chi connectivity index (χ4v) is 5.95. The third-order valence-electron chi connectivity index (χ3n) is 4.99. The van der Waals surface area contributed by atoms with E-state index in [0.29, 0.717) is 11.1 Å². The van der Waals surface area contributed by atoms with Crippen LogP contribution < -0.4 is 0 Å². The van der Waals surface area contributed by atoms with Gasteiger partial charge in [0.1, 0.15) is 10.9 Å². The van der Waals surface area contributed by atoms with Gasteiger partial charge in [0.25, 0.3) is 0 Å². The zero-order valence-corrected chi connectivity index (χ0v) is 14.2. The van der Waals surface area contributed by atoms with Gasteiger partial charge in [0.2, 0.25) is 15.0 Å². The van der Waals surface area contributed by atoms with Crippen molar-refractivity contribution in [3.05, 3.63) is 60.2 Å². The van der Waals surface area contributed by atoms with Crippen LogP contribution in [-0.2, 0) is 9.84 Å². The number of hydrogen-bond acceptors (Lipinski definition) is 4. The summed E-state index contributed by atoms with van der Waals surface area (Å²) < 4.78 is 28.2. The van der Waals surface area contributed by atoms with Crippen LogP contribution in [0.15, 0.2) is 59.8 Å². The van der Waals surface area contributed by atoms with E-state index in [4.69, 9.17) is 0 Å². The molecule has 6 heteroatoms. The van der Waals surface area contributed by atoms with Crippen LogP contribution in [0.25, 0.3) is 11.0 Å². The molecule has 0 spiro atoms. The largest absolute Gasteiger partial charge is 0.386 e. The summed E-state index contributed by atoms with van der Waals surface area (Å²) in [6, 6.07) is 15.7. The van der Waals surface area contributed by atoms with E-state index in [2.05, 4.69) is 4.98 Å². The summed E-state index contributed by atoms with van der Waals surface area (Å²) in [6.45, 7) is 3.42. The number of nitrogens with zero attached hydrogens (tertiary/aromatic N) is 2. The molecule has 0 bridgehead atoms. The molecule has 2 heterocycles. The zero-order valence-electron chi connectivity index (χ0n) is 13.4. The lowest BCUT2D eigenvalue weighted by Gasteiger charge is -2.42. The second-order valence-electron chi connectivity index (χ2n) is 6.49. The second kappa shape index (κ2) is 4.91. The van der Waals surface area contributed by atoms with Crippen LogP contribution in [0.1, 0.15) is 30.7 Å². The summed E-state index contributed by atoms with van der Waals surface area (Å²) in [5, 5.41) is 10.2. The number of fused-ring (bicyclic) bond motifs is 3. The number of imidazole rings is 1. The second-order valence-corrected chi connectivity index (χ2v) is 8.42. The average molecular weight is 342 g/mol. The third kappa shape index (κ3) is 1.90. The maximum atomic E-state index is 13.3. The highest BCUT2D eigenvalue weighted by atomic mass is 32.2. The molecule has 5 nitrogen and oxygen atoms in total. The topological polar surface area (TPSA) is 72.2 Å². The summed E-state index contributed by atoms with van der Waals surface area (Å²) in [5.41, 5.74) is 0.451. The van der Waals surface area contributed by atoms with Crippen molar-refractivity contribution in [1.29, 1.82) is 0 Å². The molecule has 3 aromatic rings. The summed E-state index contributed by atoms with van der Waals surface area (Å²) in [6.07, 6.45) is 0. The van der Waals surface area contributed by atoms with E-state index in [-0.39, 0.29) is 5.16 Å². The fourth-order valence-electron chi connectivity index (χ4n) is 3.64. The molecule has 0 unspecified atom stereocenters. The minimum atomic E-state index is -3.84. The van der Waals surface area contributed by atoms with Crippen LogP contribution in [0.2, 0.25) is 0 Å². The first-order chi connectivity index (χ1) is 11.3. The monoisotopic (exact) mass is 342 g/mol. The van der Waals surface area contributed by atoms with Crippen molar-refractivity contribution in [3.63, 3.8) is 0 Å². The lowest BCUT2D eigenvalue weighted by Crippen LogP contribution is -2.49. The molecule has 24 heavy (non-hydrogen) atoms. The molecule has 0 radical (unpaired) electrons. The van der Waals surface area contributed by atoms with E-state index in [1.807, 2.05) is 31.2 Å². The number of benzene rings is 2. The third-order valence-corrected chi connectivity index (χ3v) is 7.16. The van der Waals surface area contributed by atoms with Gasteiger partial charge >= 0.3 is 0 Å². The van der Waals surface area contributed by atoms with E-state index >= 15 is 0 Å². The molecule has 0 amide bonds. The van der Waals surface area contributed by atoms with Crippen molar-refractivity contribution in [2.45, 2.75) is 35.9 Å². The number of aliphatic hydroxyl groups is 1. The van der Waals surface area contributed by atoms with Crippen molar-refractivity contribution in [2.75, 3.05) is 0 Å². The lowest BCUT2D eigenvalue weighted by molar-refractivity contribution is -0.000609. The predicted molar refractivity (Wildman–Crippen MR) is 91.4 cm³/mol. The van der Waals surface area contributed by atoms with E-state index in [1.165, 1.54) is 0 Å². The molecule has 1 aliphatic heterocycles. The molecule has 4 rings (SSSR count). The Balaban J connectivity index is 2.07. The number of hydrogen-bond donors (Lipinski definition) is 1. The SMILES string of the molecule is C[C@H]1n2c(nc3ccccc32)S(=O)(=O)[C@@H](c2ccccc2)[C@@]1(C)O. The van der Waals surface area contributed by atoms with E-state index in [0.717, 1.165) is 5.52 Å². The van der Waals surface area contributed by atoms with Crippen LogP contribution in [0.3, 0.4) is 0 Å². The molecule has 1 aliphatic rings. The standard InChI is InChI=1S/C18H18N2O3S/c1-12-18(2,21)16(13-8-4-3-5-9-13)24(22,23)17-19-14-10-6-7-11-15(14)20(12)17/h3-12,16,21H,1-2H3/t12-,16+,18+/m1/s1. The molecule has 1 N–H and O–H groups in total. The van der Waals surface area contributed by atoms with E-state index < -0.39 is 26.7 Å². The zero-order chi connectivity index (χ0) is 17.1. The number of sulfone groups is 1. The van der Waals surface area contributed by atoms with E-state index in [9.17, 15) is 13.5 Å². The van der Waals surface area contributed by atoms with Gasteiger partial charge in [0, 0.05) is 0 Å². The predicted octanol–water partition coefficient (Wildman–Crippen LogP) is 2.88. The minimum Gasteiger partial charge on any atom is -0.386 e. The first-order valence-corrected chi connectivity index (χ1v) is 9.38. The summed E-state index contributed by atoms with van der Waals surface area (Å²) >= 11 is 0. The minimum absolute atomic E-state index is 0.0246. The van der Waals surface area contributed by atoms with Crippen molar-refractivity contribution in [1.82, 2.24) is 9.55 Å². The highest BCUT2D eigenvalue weighted by Gasteiger charge is 2.54. The maximum Gasteiger partial charge on any atom is 0.229 e. The van der Waals surface area contributed by atoms with Gasteiger partial charge < -0.3 is 9.67 Å². The van der Waals surface area contributed by atoms with Gasteiger partial charge in [-0.2, -0.15) is 0 Å². The highest BCUT2D eigenvalue weighted by molar-refractivity contribution is 7.91. The van der Waals surface area contributed by atoms with Crippen molar-refractivity contribution in [2.24, 2.45) is 0 Å². The normalized spacial score (nSPS) is 28.6. The van der Waals surface area contributed by atoms with Crippen molar-refractivity contribution < 1.29 is 13.5 Å². The molecular formula is C18H18N2O3S. The average Bonchev–Trinajstić information content (AvgIpc) is 2.94. The fraction of sp³-hybridized carbons (Fsp3) is 0.278. The Bertz CT molecular complexity index is 1020. The highest BCUT2D eigenvalue weighted by Crippen LogP contribution is 2.48. The maximum absolute atomic E-state index is 13.3. The van der Waals surface area contributed by atoms with Gasteiger partial charge in [-0.3, -0.25) is 0 Å². The molecule has 2 aromatic carbocycles. The Labute approximate surface area is 140 Å². The van der Waals surface area contributed by atoms with Crippen LogP contribution in [0.5, 0.6) is 0 Å². The summed E-state index contributed by atoms with van der Waals surface area (Å²) in [7, 11) is -3.84. The van der Waals surface area contributed by atoms with Gasteiger partial charge in [-0.05, 0) is 31.5 Å². The van der Waals surface area contributed by atoms with E-state index in [1.54, 1.807) is 41.8 Å². The lowest BCUT2D eigenvalue weighted by atomic mass is 9.88. The molecule has 0 fully saturated rings. The Morgan fingerprint density at radius 2 is 1.71 bits per heavy atom. The van der Waals surface area contributed by atoms with Crippen LogP contribution in [-0.4, -0.2) is 28.7 Å². The molecule has 0 aliphatic carbocycles. The van der Waals surface area contributed by atoms with Gasteiger partial charge in [-0.15, -0.1) is 0 Å². The molecule has 1 aromatic heterocycles. The molecular weight excluding hydrogens is 324 g/mol. The van der Waals surface area contributed by atoms with Gasteiger partial charge in [-0.25, -0.2) is 13.4 Å². The van der Waals surface area contributed by atoms with Crippen molar-refractivity contribution >= 4 is 20.9 Å². The molecule has 0 saturated heterocycles. The van der Waals surface area contributed by atoms with Crippen LogP contribution >= 0.6 is 0 Å². The number of aromatic nitrogens is 2. The van der Waals surface area contributed by atoms with Crippen LogP contribution in [0, 0.1) is 0 Å². The molecule has 124 valence electrons. The number of para-hydroxylation sites is 2. The Morgan fingerprint density at radius 3 is 2.42 bits per heavy atom. The quantitative estimate of drug-likeness (QED) is 0.738. The van der Waals surface area contributed by atoms with Crippen molar-refractivity contribution in [3.8, 4) is 0 Å². The molecule has 3 atom stereocenters. The Hall–Kier alpha value is -2.18. The smallest absolute Gasteiger partial charge is 0.229 e. The Morgan fingerprint density at radius 1 is 1.08 bits per heavy atom. The first-order valence-electron chi connectivity index (χ1n) is 7.83.